The van der Waals surface area contributed by atoms with Crippen molar-refractivity contribution in [2.75, 3.05) is 43.5 Å². The highest BCUT2D eigenvalue weighted by Crippen LogP contribution is 2.25. The van der Waals surface area contributed by atoms with E-state index in [0.29, 0.717) is 24.6 Å². The quantitative estimate of drug-likeness (QED) is 0.797. The predicted molar refractivity (Wildman–Crippen MR) is 120 cm³/mol. The van der Waals surface area contributed by atoms with E-state index in [-0.39, 0.29) is 17.7 Å². The van der Waals surface area contributed by atoms with E-state index in [1.54, 1.807) is 24.9 Å². The van der Waals surface area contributed by atoms with Crippen molar-refractivity contribution in [3.05, 3.63) is 36.0 Å². The molecule has 1 aliphatic carbocycles. The molecular weight excluding hydrogens is 394 g/mol. The average molecular weight is 426 g/mol. The van der Waals surface area contributed by atoms with Gasteiger partial charge in [0.2, 0.25) is 5.91 Å². The number of anilines is 2. The highest BCUT2D eigenvalue weighted by molar-refractivity contribution is 5.96. The van der Waals surface area contributed by atoms with Crippen LogP contribution in [-0.2, 0) is 11.8 Å². The van der Waals surface area contributed by atoms with Crippen LogP contribution in [0.2, 0.25) is 0 Å². The first kappa shape index (κ1) is 21.2. The lowest BCUT2D eigenvalue weighted by Gasteiger charge is -2.35. The van der Waals surface area contributed by atoms with Gasteiger partial charge in [-0.05, 0) is 37.1 Å². The fourth-order valence-electron chi connectivity index (χ4n) is 4.40. The van der Waals surface area contributed by atoms with Crippen LogP contribution in [0.4, 0.5) is 11.5 Å². The number of nitrogens with one attached hydrogen (secondary N) is 1. The van der Waals surface area contributed by atoms with Gasteiger partial charge >= 0.3 is 0 Å². The second-order valence-corrected chi connectivity index (χ2v) is 8.34. The zero-order valence-corrected chi connectivity index (χ0v) is 18.3. The van der Waals surface area contributed by atoms with Gasteiger partial charge < -0.3 is 19.9 Å². The molecular formula is C23H31N5O3. The van der Waals surface area contributed by atoms with Gasteiger partial charge in [-0.15, -0.1) is 0 Å². The monoisotopic (exact) mass is 425 g/mol. The first-order valence-electron chi connectivity index (χ1n) is 11.1. The summed E-state index contributed by atoms with van der Waals surface area (Å²) in [6.45, 7) is 2.78. The number of hydrogen-bond donors (Lipinski definition) is 1. The Morgan fingerprint density at radius 3 is 2.35 bits per heavy atom. The molecule has 8 heteroatoms. The van der Waals surface area contributed by atoms with Gasteiger partial charge in [0.25, 0.3) is 5.91 Å². The number of aromatic nitrogens is 2. The molecule has 31 heavy (non-hydrogen) atoms. The minimum atomic E-state index is -0.0943. The summed E-state index contributed by atoms with van der Waals surface area (Å²) in [7, 11) is 3.42. The molecule has 1 aliphatic heterocycles. The minimum absolute atomic E-state index is 0.0369. The maximum absolute atomic E-state index is 13.0. The van der Waals surface area contributed by atoms with Crippen molar-refractivity contribution in [2.24, 2.45) is 13.0 Å². The van der Waals surface area contributed by atoms with E-state index >= 15 is 0 Å². The Labute approximate surface area is 183 Å². The molecule has 0 bridgehead atoms. The molecule has 0 radical (unpaired) electrons. The maximum Gasteiger partial charge on any atom is 0.274 e. The molecule has 166 valence electrons. The molecule has 0 unspecified atom stereocenters. The number of hydrogen-bond acceptors (Lipinski definition) is 5. The van der Waals surface area contributed by atoms with Crippen molar-refractivity contribution in [3.63, 3.8) is 0 Å². The Morgan fingerprint density at radius 1 is 1.03 bits per heavy atom. The van der Waals surface area contributed by atoms with Gasteiger partial charge in [-0.1, -0.05) is 19.3 Å². The van der Waals surface area contributed by atoms with Gasteiger partial charge in [-0.2, -0.15) is 5.10 Å². The largest absolute Gasteiger partial charge is 0.497 e. The standard InChI is InChI=1S/C23H31N5O3/c1-26-21(24-22(29)17-6-4-3-5-7-17)16-20(25-26)23(30)28-14-12-27(13-15-28)18-8-10-19(31-2)11-9-18/h8-11,16-17H,3-7,12-15H2,1-2H3,(H,24,29). The molecule has 0 spiro atoms. The van der Waals surface area contributed by atoms with Crippen LogP contribution in [-0.4, -0.2) is 59.8 Å². The van der Waals surface area contributed by atoms with Crippen molar-refractivity contribution in [3.8, 4) is 5.75 Å². The Morgan fingerprint density at radius 2 is 1.71 bits per heavy atom. The molecule has 1 N–H and O–H groups in total. The van der Waals surface area contributed by atoms with Gasteiger partial charge in [-0.3, -0.25) is 14.3 Å². The van der Waals surface area contributed by atoms with Crippen LogP contribution in [0, 0.1) is 5.92 Å². The molecule has 1 saturated carbocycles. The van der Waals surface area contributed by atoms with Crippen LogP contribution in [0.1, 0.15) is 42.6 Å². The lowest BCUT2D eigenvalue weighted by atomic mass is 9.89. The number of carbonyl (C=O) groups excluding carboxylic acids is 2. The third kappa shape index (κ3) is 4.84. The van der Waals surface area contributed by atoms with Crippen molar-refractivity contribution in [1.29, 1.82) is 0 Å². The smallest absolute Gasteiger partial charge is 0.274 e. The summed E-state index contributed by atoms with van der Waals surface area (Å²) in [5, 5.41) is 7.33. The number of aryl methyl sites for hydroxylation is 1. The van der Waals surface area contributed by atoms with Crippen molar-refractivity contribution >= 4 is 23.3 Å². The van der Waals surface area contributed by atoms with Crippen LogP contribution >= 0.6 is 0 Å². The SMILES string of the molecule is COc1ccc(N2CCN(C(=O)c3cc(NC(=O)C4CCCCC4)n(C)n3)CC2)cc1. The number of benzene rings is 1. The number of amides is 2. The average Bonchev–Trinajstić information content (AvgIpc) is 3.19. The summed E-state index contributed by atoms with van der Waals surface area (Å²) in [5.41, 5.74) is 1.50. The summed E-state index contributed by atoms with van der Waals surface area (Å²) in [4.78, 5) is 29.6. The lowest BCUT2D eigenvalue weighted by molar-refractivity contribution is -0.120. The van der Waals surface area contributed by atoms with E-state index < -0.39 is 0 Å². The molecule has 8 nitrogen and oxygen atoms in total. The summed E-state index contributed by atoms with van der Waals surface area (Å²) < 4.78 is 6.80. The van der Waals surface area contributed by atoms with Crippen molar-refractivity contribution in [1.82, 2.24) is 14.7 Å². The number of methoxy groups -OCH3 is 1. The van der Waals surface area contributed by atoms with E-state index in [9.17, 15) is 9.59 Å². The van der Waals surface area contributed by atoms with Gasteiger partial charge in [0.1, 0.15) is 11.6 Å². The number of nitrogens with zero attached hydrogens (tertiary/aromatic N) is 4. The Hall–Kier alpha value is -3.03. The summed E-state index contributed by atoms with van der Waals surface area (Å²) >= 11 is 0. The third-order valence-corrected chi connectivity index (χ3v) is 6.33. The highest BCUT2D eigenvalue weighted by Gasteiger charge is 2.26. The molecule has 1 aromatic heterocycles. The minimum Gasteiger partial charge on any atom is -0.497 e. The molecule has 2 heterocycles. The van der Waals surface area contributed by atoms with E-state index in [1.165, 1.54) is 6.42 Å². The molecule has 1 aromatic carbocycles. The summed E-state index contributed by atoms with van der Waals surface area (Å²) in [5.74, 6) is 1.42. The summed E-state index contributed by atoms with van der Waals surface area (Å²) in [6, 6.07) is 9.67. The second-order valence-electron chi connectivity index (χ2n) is 8.34. The van der Waals surface area contributed by atoms with Crippen LogP contribution < -0.4 is 15.0 Å². The molecule has 4 rings (SSSR count). The second kappa shape index (κ2) is 9.41. The van der Waals surface area contributed by atoms with Gasteiger partial charge in [0.15, 0.2) is 5.69 Å². The topological polar surface area (TPSA) is 79.7 Å². The first-order chi connectivity index (χ1) is 15.0. The molecule has 2 aromatic rings. The van der Waals surface area contributed by atoms with Crippen LogP contribution in [0.5, 0.6) is 5.75 Å². The normalized spacial score (nSPS) is 17.5. The number of piperazine rings is 1. The fourth-order valence-corrected chi connectivity index (χ4v) is 4.40. The Balaban J connectivity index is 1.34. The lowest BCUT2D eigenvalue weighted by Crippen LogP contribution is -2.48. The zero-order chi connectivity index (χ0) is 21.8. The van der Waals surface area contributed by atoms with E-state index in [1.807, 2.05) is 29.2 Å². The first-order valence-corrected chi connectivity index (χ1v) is 11.1. The van der Waals surface area contributed by atoms with Gasteiger partial charge in [-0.25, -0.2) is 0 Å². The molecule has 1 saturated heterocycles. The van der Waals surface area contributed by atoms with Crippen LogP contribution in [0.3, 0.4) is 0 Å². The summed E-state index contributed by atoms with van der Waals surface area (Å²) in [6.07, 6.45) is 5.30. The molecule has 2 amide bonds. The van der Waals surface area contributed by atoms with Gasteiger partial charge in [0.05, 0.1) is 7.11 Å². The number of ether oxygens (including phenoxy) is 1. The number of rotatable bonds is 5. The van der Waals surface area contributed by atoms with Gasteiger partial charge in [0, 0.05) is 50.9 Å². The third-order valence-electron chi connectivity index (χ3n) is 6.33. The zero-order valence-electron chi connectivity index (χ0n) is 18.3. The van der Waals surface area contributed by atoms with Crippen molar-refractivity contribution in [2.45, 2.75) is 32.1 Å². The van der Waals surface area contributed by atoms with E-state index in [0.717, 1.165) is 50.2 Å². The Bertz CT molecular complexity index is 910. The van der Waals surface area contributed by atoms with Crippen LogP contribution in [0.25, 0.3) is 0 Å². The predicted octanol–water partition coefficient (Wildman–Crippen LogP) is 2.91. The highest BCUT2D eigenvalue weighted by atomic mass is 16.5. The molecule has 2 aliphatic rings. The fraction of sp³-hybridized carbons (Fsp3) is 0.522. The number of carbonyl (C=O) groups is 2. The Kier molecular flexibility index (Phi) is 6.44. The molecule has 0 atom stereocenters. The molecule has 2 fully saturated rings. The van der Waals surface area contributed by atoms with E-state index in [4.69, 9.17) is 4.74 Å². The van der Waals surface area contributed by atoms with E-state index in [2.05, 4.69) is 15.3 Å². The van der Waals surface area contributed by atoms with Crippen molar-refractivity contribution < 1.29 is 14.3 Å². The van der Waals surface area contributed by atoms with Crippen LogP contribution in [0.15, 0.2) is 30.3 Å². The maximum atomic E-state index is 13.0.